The van der Waals surface area contributed by atoms with Crippen molar-refractivity contribution in [3.8, 4) is 5.75 Å². The summed E-state index contributed by atoms with van der Waals surface area (Å²) in [5.41, 5.74) is 7.14. The van der Waals surface area contributed by atoms with E-state index in [1.165, 1.54) is 5.56 Å². The quantitative estimate of drug-likeness (QED) is 0.734. The van der Waals surface area contributed by atoms with E-state index in [0.29, 0.717) is 6.61 Å². The molecular weight excluding hydrogens is 230 g/mol. The van der Waals surface area contributed by atoms with Crippen LogP contribution in [0.2, 0.25) is 0 Å². The van der Waals surface area contributed by atoms with Gasteiger partial charge in [0.2, 0.25) is 0 Å². The summed E-state index contributed by atoms with van der Waals surface area (Å²) in [5, 5.41) is 9.26. The van der Waals surface area contributed by atoms with E-state index in [1.54, 1.807) is 7.11 Å². The third-order valence-electron chi connectivity index (χ3n) is 2.77. The second-order valence-corrected chi connectivity index (χ2v) is 4.35. The van der Waals surface area contributed by atoms with Gasteiger partial charge in [-0.3, -0.25) is 0 Å². The van der Waals surface area contributed by atoms with E-state index in [-0.39, 0.29) is 12.6 Å². The molecule has 0 radical (unpaired) electrons. The predicted molar refractivity (Wildman–Crippen MR) is 71.8 cm³/mol. The minimum absolute atomic E-state index is 0.124. The van der Waals surface area contributed by atoms with E-state index in [0.717, 1.165) is 18.6 Å². The lowest BCUT2D eigenvalue weighted by atomic mass is 10.1. The highest BCUT2D eigenvalue weighted by Crippen LogP contribution is 2.15. The van der Waals surface area contributed by atoms with Gasteiger partial charge < -0.3 is 20.3 Å². The number of aliphatic hydroxyl groups excluding tert-OH is 1. The maximum Gasteiger partial charge on any atom is 0.139 e. The summed E-state index contributed by atoms with van der Waals surface area (Å²) in [7, 11) is 1.58. The predicted octanol–water partition coefficient (Wildman–Crippen LogP) is 1.35. The molecular formula is C14H23NO3. The number of hydrogen-bond acceptors (Lipinski definition) is 4. The van der Waals surface area contributed by atoms with Crippen molar-refractivity contribution in [2.24, 2.45) is 5.73 Å². The summed E-state index contributed by atoms with van der Waals surface area (Å²) in [5.74, 6) is 0.723. The van der Waals surface area contributed by atoms with Gasteiger partial charge in [0.15, 0.2) is 0 Å². The molecule has 0 saturated carbocycles. The number of rotatable bonds is 8. The first-order valence-corrected chi connectivity index (χ1v) is 6.32. The zero-order chi connectivity index (χ0) is 13.4. The van der Waals surface area contributed by atoms with E-state index in [4.69, 9.17) is 15.2 Å². The van der Waals surface area contributed by atoms with Crippen molar-refractivity contribution < 1.29 is 14.6 Å². The molecule has 0 aromatic heterocycles. The fourth-order valence-electron chi connectivity index (χ4n) is 1.76. The number of benzene rings is 1. The number of hydrogen-bond donors (Lipinski definition) is 2. The van der Waals surface area contributed by atoms with Gasteiger partial charge in [-0.15, -0.1) is 0 Å². The van der Waals surface area contributed by atoms with Crippen LogP contribution in [-0.4, -0.2) is 37.6 Å². The topological polar surface area (TPSA) is 64.7 Å². The molecule has 4 heteroatoms. The molecule has 2 unspecified atom stereocenters. The third kappa shape index (κ3) is 4.64. The van der Waals surface area contributed by atoms with Crippen molar-refractivity contribution in [1.82, 2.24) is 0 Å². The van der Waals surface area contributed by atoms with E-state index >= 15 is 0 Å². The molecule has 102 valence electrons. The molecule has 0 saturated heterocycles. The average molecular weight is 253 g/mol. The Morgan fingerprint density at radius 1 is 1.28 bits per heavy atom. The van der Waals surface area contributed by atoms with Crippen LogP contribution in [0.3, 0.4) is 0 Å². The number of aryl methyl sites for hydroxylation is 1. The summed E-state index contributed by atoms with van der Waals surface area (Å²) in [6.07, 6.45) is 1.74. The molecule has 0 amide bonds. The van der Waals surface area contributed by atoms with Crippen LogP contribution in [0, 0.1) is 0 Å². The van der Waals surface area contributed by atoms with Crippen molar-refractivity contribution >= 4 is 0 Å². The highest BCUT2D eigenvalue weighted by Gasteiger charge is 2.18. The van der Waals surface area contributed by atoms with Crippen molar-refractivity contribution in [2.75, 3.05) is 20.3 Å². The maximum atomic E-state index is 9.26. The molecule has 0 fully saturated rings. The van der Waals surface area contributed by atoms with Gasteiger partial charge in [0.25, 0.3) is 0 Å². The molecule has 18 heavy (non-hydrogen) atoms. The molecule has 3 N–H and O–H groups in total. The van der Waals surface area contributed by atoms with Gasteiger partial charge in [-0.2, -0.15) is 0 Å². The van der Waals surface area contributed by atoms with Crippen LogP contribution in [0.1, 0.15) is 18.9 Å². The summed E-state index contributed by atoms with van der Waals surface area (Å²) >= 11 is 0. The third-order valence-corrected chi connectivity index (χ3v) is 2.77. The molecule has 1 aromatic rings. The Labute approximate surface area is 109 Å². The lowest BCUT2D eigenvalue weighted by Crippen LogP contribution is -2.44. The van der Waals surface area contributed by atoms with Gasteiger partial charge in [-0.05, 0) is 24.1 Å². The van der Waals surface area contributed by atoms with E-state index in [2.05, 4.69) is 6.92 Å². The molecule has 2 atom stereocenters. The standard InChI is InChI=1S/C14H23NO3/c1-3-4-11-5-7-12(8-6-11)18-14(9-16)13(15)10-17-2/h5-8,13-14,16H,3-4,9-10,15H2,1-2H3. The Morgan fingerprint density at radius 3 is 2.44 bits per heavy atom. The van der Waals surface area contributed by atoms with E-state index < -0.39 is 6.10 Å². The lowest BCUT2D eigenvalue weighted by molar-refractivity contribution is 0.0605. The van der Waals surface area contributed by atoms with Crippen LogP contribution in [0.25, 0.3) is 0 Å². The van der Waals surface area contributed by atoms with E-state index in [1.807, 2.05) is 24.3 Å². The zero-order valence-electron chi connectivity index (χ0n) is 11.1. The maximum absolute atomic E-state index is 9.26. The van der Waals surface area contributed by atoms with E-state index in [9.17, 15) is 5.11 Å². The smallest absolute Gasteiger partial charge is 0.139 e. The molecule has 0 spiro atoms. The summed E-state index contributed by atoms with van der Waals surface area (Å²) in [6.45, 7) is 2.39. The van der Waals surface area contributed by atoms with Crippen LogP contribution in [-0.2, 0) is 11.2 Å². The summed E-state index contributed by atoms with van der Waals surface area (Å²) in [4.78, 5) is 0. The molecule has 0 aliphatic carbocycles. The van der Waals surface area contributed by atoms with Gasteiger partial charge in [-0.1, -0.05) is 25.5 Å². The second-order valence-electron chi connectivity index (χ2n) is 4.35. The fourth-order valence-corrected chi connectivity index (χ4v) is 1.76. The van der Waals surface area contributed by atoms with Gasteiger partial charge >= 0.3 is 0 Å². The van der Waals surface area contributed by atoms with Crippen LogP contribution in [0.5, 0.6) is 5.75 Å². The van der Waals surface area contributed by atoms with Crippen molar-refractivity contribution in [3.05, 3.63) is 29.8 Å². The van der Waals surface area contributed by atoms with Gasteiger partial charge in [0.1, 0.15) is 11.9 Å². The minimum Gasteiger partial charge on any atom is -0.486 e. The van der Waals surface area contributed by atoms with Crippen molar-refractivity contribution in [2.45, 2.75) is 31.9 Å². The van der Waals surface area contributed by atoms with Gasteiger partial charge in [0, 0.05) is 7.11 Å². The fraction of sp³-hybridized carbons (Fsp3) is 0.571. The molecule has 1 rings (SSSR count). The highest BCUT2D eigenvalue weighted by molar-refractivity contribution is 5.27. The van der Waals surface area contributed by atoms with Crippen LogP contribution < -0.4 is 10.5 Å². The Kier molecular flexibility index (Phi) is 6.72. The Balaban J connectivity index is 2.58. The molecule has 0 aliphatic rings. The van der Waals surface area contributed by atoms with Crippen molar-refractivity contribution in [1.29, 1.82) is 0 Å². The average Bonchev–Trinajstić information content (AvgIpc) is 2.38. The highest BCUT2D eigenvalue weighted by atomic mass is 16.5. The first kappa shape index (κ1) is 15.0. The largest absolute Gasteiger partial charge is 0.486 e. The summed E-state index contributed by atoms with van der Waals surface area (Å²) in [6, 6.07) is 7.56. The normalized spacial score (nSPS) is 14.2. The first-order chi connectivity index (χ1) is 8.71. The molecule has 0 bridgehead atoms. The van der Waals surface area contributed by atoms with Crippen LogP contribution in [0.15, 0.2) is 24.3 Å². The number of methoxy groups -OCH3 is 1. The van der Waals surface area contributed by atoms with Crippen molar-refractivity contribution in [3.63, 3.8) is 0 Å². The molecule has 0 heterocycles. The molecule has 4 nitrogen and oxygen atoms in total. The monoisotopic (exact) mass is 253 g/mol. The Bertz CT molecular complexity index is 326. The SMILES string of the molecule is CCCc1ccc(OC(CO)C(N)COC)cc1. The lowest BCUT2D eigenvalue weighted by Gasteiger charge is -2.22. The minimum atomic E-state index is -0.443. The molecule has 1 aromatic carbocycles. The number of nitrogens with two attached hydrogens (primary N) is 1. The van der Waals surface area contributed by atoms with Gasteiger partial charge in [0.05, 0.1) is 19.3 Å². The van der Waals surface area contributed by atoms with Crippen LogP contribution in [0.4, 0.5) is 0 Å². The Morgan fingerprint density at radius 2 is 1.94 bits per heavy atom. The number of ether oxygens (including phenoxy) is 2. The Hall–Kier alpha value is -1.10. The second kappa shape index (κ2) is 8.08. The first-order valence-electron chi connectivity index (χ1n) is 6.32. The summed E-state index contributed by atoms with van der Waals surface area (Å²) < 4.78 is 10.6. The van der Waals surface area contributed by atoms with Gasteiger partial charge in [-0.25, -0.2) is 0 Å². The molecule has 0 aliphatic heterocycles. The zero-order valence-corrected chi connectivity index (χ0v) is 11.1. The number of aliphatic hydroxyl groups is 1. The van der Waals surface area contributed by atoms with Crippen LogP contribution >= 0.6 is 0 Å².